The first kappa shape index (κ1) is 15.1. The van der Waals surface area contributed by atoms with Crippen LogP contribution in [0.2, 0.25) is 5.02 Å². The van der Waals surface area contributed by atoms with Crippen LogP contribution in [0.1, 0.15) is 19.3 Å². The fourth-order valence-electron chi connectivity index (χ4n) is 3.40. The highest BCUT2D eigenvalue weighted by molar-refractivity contribution is 6.30. The van der Waals surface area contributed by atoms with Crippen molar-refractivity contribution in [3.05, 3.63) is 29.0 Å². The molecule has 118 valence electrons. The van der Waals surface area contributed by atoms with Crippen molar-refractivity contribution < 1.29 is 23.5 Å². The van der Waals surface area contributed by atoms with Crippen molar-refractivity contribution in [3.8, 4) is 5.75 Å². The highest BCUT2D eigenvalue weighted by atomic mass is 35.5. The van der Waals surface area contributed by atoms with Crippen LogP contribution in [0.5, 0.6) is 5.75 Å². The number of esters is 1. The summed E-state index contributed by atoms with van der Waals surface area (Å²) >= 11 is 5.57. The molecule has 1 amide bonds. The van der Waals surface area contributed by atoms with Gasteiger partial charge in [0.1, 0.15) is 11.6 Å². The lowest BCUT2D eigenvalue weighted by molar-refractivity contribution is -0.203. The SMILES string of the molecule is COC(=O)C12CC(NC(=O)COc3ccc(Cl)c(F)c3)(C1)C2. The molecule has 0 heterocycles. The van der Waals surface area contributed by atoms with Crippen molar-refractivity contribution in [2.45, 2.75) is 24.8 Å². The van der Waals surface area contributed by atoms with E-state index >= 15 is 0 Å². The van der Waals surface area contributed by atoms with Crippen molar-refractivity contribution in [1.82, 2.24) is 5.32 Å². The maximum atomic E-state index is 13.2. The van der Waals surface area contributed by atoms with Crippen LogP contribution in [0, 0.1) is 11.2 Å². The molecule has 5 nitrogen and oxygen atoms in total. The summed E-state index contributed by atoms with van der Waals surface area (Å²) in [5, 5.41) is 2.87. The van der Waals surface area contributed by atoms with E-state index in [1.165, 1.54) is 19.2 Å². The molecule has 0 atom stereocenters. The van der Waals surface area contributed by atoms with Crippen LogP contribution in [-0.4, -0.2) is 31.1 Å². The van der Waals surface area contributed by atoms with Gasteiger partial charge < -0.3 is 14.8 Å². The Morgan fingerprint density at radius 1 is 1.36 bits per heavy atom. The van der Waals surface area contributed by atoms with Crippen molar-refractivity contribution in [3.63, 3.8) is 0 Å². The normalized spacial score (nSPS) is 28.1. The zero-order valence-corrected chi connectivity index (χ0v) is 12.7. The number of halogens is 2. The molecule has 3 fully saturated rings. The fourth-order valence-corrected chi connectivity index (χ4v) is 3.52. The Kier molecular flexibility index (Phi) is 3.51. The van der Waals surface area contributed by atoms with E-state index in [1.54, 1.807) is 0 Å². The monoisotopic (exact) mass is 327 g/mol. The molecule has 22 heavy (non-hydrogen) atoms. The minimum absolute atomic E-state index is 0.00113. The molecule has 1 aromatic carbocycles. The quantitative estimate of drug-likeness (QED) is 0.841. The molecule has 4 rings (SSSR count). The number of rotatable bonds is 5. The zero-order valence-electron chi connectivity index (χ0n) is 11.9. The van der Waals surface area contributed by atoms with Gasteiger partial charge in [-0.05, 0) is 31.4 Å². The first-order valence-corrected chi connectivity index (χ1v) is 7.23. The molecule has 7 heteroatoms. The first-order valence-electron chi connectivity index (χ1n) is 6.85. The molecule has 0 unspecified atom stereocenters. The summed E-state index contributed by atoms with van der Waals surface area (Å²) in [7, 11) is 1.37. The lowest BCUT2D eigenvalue weighted by Crippen LogP contribution is -2.77. The summed E-state index contributed by atoms with van der Waals surface area (Å²) in [6.07, 6.45) is 1.82. The molecule has 0 aromatic heterocycles. The Morgan fingerprint density at radius 2 is 2.05 bits per heavy atom. The number of amides is 1. The van der Waals surface area contributed by atoms with Gasteiger partial charge in [-0.1, -0.05) is 11.6 Å². The van der Waals surface area contributed by atoms with Crippen molar-refractivity contribution in [1.29, 1.82) is 0 Å². The summed E-state index contributed by atoms with van der Waals surface area (Å²) in [4.78, 5) is 23.4. The van der Waals surface area contributed by atoms with Gasteiger partial charge >= 0.3 is 5.97 Å². The highest BCUT2D eigenvalue weighted by Gasteiger charge is 2.73. The second-order valence-electron chi connectivity index (χ2n) is 6.00. The van der Waals surface area contributed by atoms with Crippen molar-refractivity contribution >= 4 is 23.5 Å². The molecule has 0 radical (unpaired) electrons. The number of nitrogens with one attached hydrogen (secondary N) is 1. The van der Waals surface area contributed by atoms with Gasteiger partial charge in [-0.3, -0.25) is 9.59 Å². The average Bonchev–Trinajstić information content (AvgIpc) is 2.41. The van der Waals surface area contributed by atoms with E-state index < -0.39 is 11.2 Å². The molecule has 3 aliphatic rings. The van der Waals surface area contributed by atoms with Crippen LogP contribution in [0.15, 0.2) is 18.2 Å². The van der Waals surface area contributed by atoms with Crippen LogP contribution in [0.25, 0.3) is 0 Å². The lowest BCUT2D eigenvalue weighted by atomic mass is 9.39. The third kappa shape index (κ3) is 2.41. The third-order valence-corrected chi connectivity index (χ3v) is 4.62. The lowest BCUT2D eigenvalue weighted by Gasteiger charge is -2.68. The summed E-state index contributed by atoms with van der Waals surface area (Å²) in [6, 6.07) is 3.99. The summed E-state index contributed by atoms with van der Waals surface area (Å²) < 4.78 is 23.2. The number of ether oxygens (including phenoxy) is 2. The van der Waals surface area contributed by atoms with Crippen LogP contribution in [0.4, 0.5) is 4.39 Å². The van der Waals surface area contributed by atoms with Gasteiger partial charge in [0.2, 0.25) is 0 Å². The van der Waals surface area contributed by atoms with E-state index in [1.807, 2.05) is 0 Å². The van der Waals surface area contributed by atoms with E-state index in [0.717, 1.165) is 6.07 Å². The Bertz CT molecular complexity index is 629. The van der Waals surface area contributed by atoms with Gasteiger partial charge in [0.05, 0.1) is 17.5 Å². The maximum absolute atomic E-state index is 13.2. The van der Waals surface area contributed by atoms with Crippen LogP contribution < -0.4 is 10.1 Å². The van der Waals surface area contributed by atoms with Gasteiger partial charge in [-0.25, -0.2) is 4.39 Å². The maximum Gasteiger partial charge on any atom is 0.312 e. The molecule has 0 saturated heterocycles. The fraction of sp³-hybridized carbons (Fsp3) is 0.467. The molecule has 0 spiro atoms. The smallest absolute Gasteiger partial charge is 0.312 e. The van der Waals surface area contributed by atoms with Gasteiger partial charge in [0, 0.05) is 11.6 Å². The van der Waals surface area contributed by atoms with Crippen LogP contribution >= 0.6 is 11.6 Å². The van der Waals surface area contributed by atoms with Crippen LogP contribution in [0.3, 0.4) is 0 Å². The number of benzene rings is 1. The Morgan fingerprint density at radius 3 is 2.64 bits per heavy atom. The van der Waals surface area contributed by atoms with Gasteiger partial charge in [-0.15, -0.1) is 0 Å². The van der Waals surface area contributed by atoms with Gasteiger partial charge in [-0.2, -0.15) is 0 Å². The predicted octanol–water partition coefficient (Wildman–Crippen LogP) is 2.07. The molecular formula is C15H15ClFNO4. The minimum Gasteiger partial charge on any atom is -0.484 e. The third-order valence-electron chi connectivity index (χ3n) is 4.31. The topological polar surface area (TPSA) is 64.6 Å². The standard InChI is InChI=1S/C15H15ClFNO4/c1-21-13(20)14-6-15(7-14,8-14)18-12(19)5-22-9-2-3-10(16)11(17)4-9/h2-4H,5-8H2,1H3,(H,18,19). The molecular weight excluding hydrogens is 313 g/mol. The number of hydrogen-bond acceptors (Lipinski definition) is 4. The van der Waals surface area contributed by atoms with Crippen molar-refractivity contribution in [2.75, 3.05) is 13.7 Å². The molecule has 0 aliphatic heterocycles. The predicted molar refractivity (Wildman–Crippen MR) is 76.1 cm³/mol. The molecule has 3 aliphatic carbocycles. The second kappa shape index (κ2) is 5.12. The second-order valence-corrected chi connectivity index (χ2v) is 6.40. The number of hydrogen-bond donors (Lipinski definition) is 1. The van der Waals surface area contributed by atoms with E-state index in [4.69, 9.17) is 21.1 Å². The van der Waals surface area contributed by atoms with Gasteiger partial charge in [0.25, 0.3) is 5.91 Å². The molecule has 1 N–H and O–H groups in total. The van der Waals surface area contributed by atoms with E-state index in [9.17, 15) is 14.0 Å². The molecule has 3 saturated carbocycles. The number of carbonyl (C=O) groups is 2. The summed E-state index contributed by atoms with van der Waals surface area (Å²) in [6.45, 7) is -0.214. The zero-order chi connectivity index (χ0) is 16.0. The summed E-state index contributed by atoms with van der Waals surface area (Å²) in [5.41, 5.74) is -0.706. The largest absolute Gasteiger partial charge is 0.484 e. The van der Waals surface area contributed by atoms with E-state index in [0.29, 0.717) is 19.3 Å². The van der Waals surface area contributed by atoms with Crippen molar-refractivity contribution in [2.24, 2.45) is 5.41 Å². The molecule has 2 bridgehead atoms. The Balaban J connectivity index is 1.47. The number of carbonyl (C=O) groups excluding carboxylic acids is 2. The van der Waals surface area contributed by atoms with E-state index in [2.05, 4.69) is 5.32 Å². The summed E-state index contributed by atoms with van der Waals surface area (Å²) in [5.74, 6) is -0.871. The van der Waals surface area contributed by atoms with Gasteiger partial charge in [0.15, 0.2) is 6.61 Å². The Hall–Kier alpha value is -1.82. The average molecular weight is 328 g/mol. The van der Waals surface area contributed by atoms with Crippen LogP contribution in [-0.2, 0) is 14.3 Å². The number of methoxy groups -OCH3 is 1. The van der Waals surface area contributed by atoms with E-state index in [-0.39, 0.29) is 34.8 Å². The minimum atomic E-state index is -0.598. The highest BCUT2D eigenvalue weighted by Crippen LogP contribution is 2.67. The first-order chi connectivity index (χ1) is 10.4. The Labute approximate surface area is 131 Å². The molecule has 1 aromatic rings.